The Kier molecular flexibility index (Phi) is 5.96. The molecule has 3 rings (SSSR count). The second-order valence-corrected chi connectivity index (χ2v) is 6.00. The van der Waals surface area contributed by atoms with E-state index in [9.17, 15) is 4.79 Å². The summed E-state index contributed by atoms with van der Waals surface area (Å²) in [5, 5.41) is 4.23. The van der Waals surface area contributed by atoms with Crippen molar-refractivity contribution in [1.29, 1.82) is 0 Å². The van der Waals surface area contributed by atoms with Crippen LogP contribution in [0.25, 0.3) is 22.5 Å². The number of halogens is 1. The van der Waals surface area contributed by atoms with E-state index in [4.69, 9.17) is 25.6 Å². The fourth-order valence-corrected chi connectivity index (χ4v) is 2.66. The minimum absolute atomic E-state index is 0.159. The highest BCUT2D eigenvalue weighted by atomic mass is 35.5. The van der Waals surface area contributed by atoms with E-state index in [0.29, 0.717) is 28.5 Å². The monoisotopic (exact) mass is 400 g/mol. The molecule has 0 radical (unpaired) electrons. The summed E-state index contributed by atoms with van der Waals surface area (Å²) >= 11 is 6.31. The number of nitrogens with zero attached hydrogens (tertiary/aromatic N) is 2. The van der Waals surface area contributed by atoms with Gasteiger partial charge in [0, 0.05) is 6.07 Å². The molecular weight excluding hydrogens is 384 g/mol. The van der Waals surface area contributed by atoms with Crippen molar-refractivity contribution in [2.45, 2.75) is 0 Å². The van der Waals surface area contributed by atoms with Gasteiger partial charge in [-0.3, -0.25) is 0 Å². The van der Waals surface area contributed by atoms with Crippen LogP contribution in [0.15, 0.2) is 47.0 Å². The fourth-order valence-electron chi connectivity index (χ4n) is 2.45. The number of carbonyl (C=O) groups excluding carboxylic acids is 1. The highest BCUT2D eigenvalue weighted by Crippen LogP contribution is 2.32. The summed E-state index contributed by atoms with van der Waals surface area (Å²) in [5.41, 5.74) is 1.85. The second kappa shape index (κ2) is 8.58. The molecule has 0 aliphatic carbocycles. The molecule has 0 aliphatic rings. The first-order valence-electron chi connectivity index (χ1n) is 8.17. The van der Waals surface area contributed by atoms with Gasteiger partial charge in [0.05, 0.1) is 32.5 Å². The van der Waals surface area contributed by atoms with Gasteiger partial charge >= 0.3 is 5.97 Å². The molecule has 2 aromatic carbocycles. The molecule has 0 amide bonds. The molecule has 0 N–H and O–H groups in total. The number of esters is 1. The highest BCUT2D eigenvalue weighted by Gasteiger charge is 2.16. The zero-order chi connectivity index (χ0) is 20.1. The van der Waals surface area contributed by atoms with Crippen LogP contribution in [0.1, 0.15) is 21.8 Å². The third-order valence-electron chi connectivity index (χ3n) is 3.91. The number of ether oxygens (including phenoxy) is 3. The first-order chi connectivity index (χ1) is 13.5. The van der Waals surface area contributed by atoms with Crippen molar-refractivity contribution in [3.63, 3.8) is 0 Å². The number of benzene rings is 2. The Bertz CT molecular complexity index is 1010. The van der Waals surface area contributed by atoms with Gasteiger partial charge in [0.15, 0.2) is 0 Å². The molecule has 1 heterocycles. The number of hydrogen-bond donors (Lipinski definition) is 0. The van der Waals surface area contributed by atoms with E-state index >= 15 is 0 Å². The Morgan fingerprint density at radius 2 is 1.82 bits per heavy atom. The second-order valence-electron chi connectivity index (χ2n) is 5.60. The fraction of sp³-hybridized carbons (Fsp3) is 0.150. The summed E-state index contributed by atoms with van der Waals surface area (Å²) < 4.78 is 20.5. The molecule has 0 aliphatic heterocycles. The minimum Gasteiger partial charge on any atom is -0.497 e. The van der Waals surface area contributed by atoms with Crippen LogP contribution in [0.4, 0.5) is 0 Å². The van der Waals surface area contributed by atoms with E-state index in [-0.39, 0.29) is 10.9 Å². The Balaban J connectivity index is 1.85. The topological polar surface area (TPSA) is 83.7 Å². The van der Waals surface area contributed by atoms with E-state index in [1.54, 1.807) is 62.8 Å². The van der Waals surface area contributed by atoms with Gasteiger partial charge in [-0.05, 0) is 35.9 Å². The summed E-state index contributed by atoms with van der Waals surface area (Å²) in [7, 11) is 4.45. The lowest BCUT2D eigenvalue weighted by Crippen LogP contribution is -2.00. The molecule has 0 bridgehead atoms. The van der Waals surface area contributed by atoms with Gasteiger partial charge in [-0.25, -0.2) is 4.79 Å². The summed E-state index contributed by atoms with van der Waals surface area (Å²) in [6.45, 7) is 0. The van der Waals surface area contributed by atoms with Crippen molar-refractivity contribution < 1.29 is 23.5 Å². The van der Waals surface area contributed by atoms with Gasteiger partial charge in [-0.2, -0.15) is 4.98 Å². The van der Waals surface area contributed by atoms with Gasteiger partial charge in [-0.1, -0.05) is 28.9 Å². The van der Waals surface area contributed by atoms with Crippen LogP contribution in [0.3, 0.4) is 0 Å². The van der Waals surface area contributed by atoms with Crippen molar-refractivity contribution in [2.24, 2.45) is 0 Å². The molecule has 144 valence electrons. The van der Waals surface area contributed by atoms with E-state index < -0.39 is 5.97 Å². The average molecular weight is 401 g/mol. The number of hydrogen-bond acceptors (Lipinski definition) is 7. The molecule has 0 fully saturated rings. The Hall–Kier alpha value is -3.32. The van der Waals surface area contributed by atoms with Gasteiger partial charge < -0.3 is 18.7 Å². The van der Waals surface area contributed by atoms with Gasteiger partial charge in [0.2, 0.25) is 5.82 Å². The number of methoxy groups -OCH3 is 3. The van der Waals surface area contributed by atoms with Gasteiger partial charge in [-0.15, -0.1) is 0 Å². The Labute approximate surface area is 166 Å². The third-order valence-corrected chi connectivity index (χ3v) is 4.18. The summed E-state index contributed by atoms with van der Waals surface area (Å²) in [5.74, 6) is 1.29. The Morgan fingerprint density at radius 1 is 1.07 bits per heavy atom. The smallest absolute Gasteiger partial charge is 0.337 e. The number of rotatable bonds is 6. The average Bonchev–Trinajstić information content (AvgIpc) is 3.23. The number of carbonyl (C=O) groups is 1. The SMILES string of the molecule is COC(=O)c1ccc(/C=C(\Cl)c2nc(-c3ccc(OC)cc3OC)no2)cc1. The van der Waals surface area contributed by atoms with Crippen molar-refractivity contribution in [2.75, 3.05) is 21.3 Å². The largest absolute Gasteiger partial charge is 0.497 e. The maximum atomic E-state index is 11.5. The molecule has 0 atom stereocenters. The lowest BCUT2D eigenvalue weighted by Gasteiger charge is -2.07. The molecular formula is C20H17ClN2O5. The lowest BCUT2D eigenvalue weighted by atomic mass is 10.1. The molecule has 3 aromatic rings. The molecule has 28 heavy (non-hydrogen) atoms. The normalized spacial score (nSPS) is 11.2. The highest BCUT2D eigenvalue weighted by molar-refractivity contribution is 6.50. The predicted molar refractivity (Wildman–Crippen MR) is 104 cm³/mol. The van der Waals surface area contributed by atoms with Gasteiger partial charge in [0.25, 0.3) is 5.89 Å². The van der Waals surface area contributed by atoms with Crippen LogP contribution >= 0.6 is 11.6 Å². The molecule has 0 saturated carbocycles. The first kappa shape index (κ1) is 19.4. The van der Waals surface area contributed by atoms with Gasteiger partial charge in [0.1, 0.15) is 16.5 Å². The van der Waals surface area contributed by atoms with E-state index in [2.05, 4.69) is 14.9 Å². The summed E-state index contributed by atoms with van der Waals surface area (Å²) in [6.07, 6.45) is 1.66. The van der Waals surface area contributed by atoms with E-state index in [1.165, 1.54) is 7.11 Å². The van der Waals surface area contributed by atoms with E-state index in [0.717, 1.165) is 5.56 Å². The van der Waals surface area contributed by atoms with Crippen molar-refractivity contribution in [3.8, 4) is 22.9 Å². The van der Waals surface area contributed by atoms with Crippen molar-refractivity contribution in [1.82, 2.24) is 10.1 Å². The molecule has 0 spiro atoms. The number of aromatic nitrogens is 2. The zero-order valence-corrected chi connectivity index (χ0v) is 16.2. The standard InChI is InChI=1S/C20H17ClN2O5/c1-25-14-8-9-15(17(11-14)26-2)18-22-19(28-23-18)16(21)10-12-4-6-13(7-5-12)20(24)27-3/h4-11H,1-3H3/b16-10-. The maximum absolute atomic E-state index is 11.5. The van der Waals surface area contributed by atoms with Crippen LogP contribution in [0.5, 0.6) is 11.5 Å². The van der Waals surface area contributed by atoms with Crippen LogP contribution in [0, 0.1) is 0 Å². The van der Waals surface area contributed by atoms with Crippen LogP contribution in [0.2, 0.25) is 0 Å². The summed E-state index contributed by atoms with van der Waals surface area (Å²) in [6, 6.07) is 12.0. The lowest BCUT2D eigenvalue weighted by molar-refractivity contribution is 0.0600. The quantitative estimate of drug-likeness (QED) is 0.571. The molecule has 8 heteroatoms. The van der Waals surface area contributed by atoms with Crippen LogP contribution < -0.4 is 9.47 Å². The Morgan fingerprint density at radius 3 is 2.46 bits per heavy atom. The minimum atomic E-state index is -0.406. The summed E-state index contributed by atoms with van der Waals surface area (Å²) in [4.78, 5) is 15.8. The third kappa shape index (κ3) is 4.15. The predicted octanol–water partition coefficient (Wildman–Crippen LogP) is 4.28. The van der Waals surface area contributed by atoms with Crippen molar-refractivity contribution in [3.05, 3.63) is 59.5 Å². The molecule has 0 saturated heterocycles. The van der Waals surface area contributed by atoms with E-state index in [1.807, 2.05) is 0 Å². The zero-order valence-electron chi connectivity index (χ0n) is 15.4. The molecule has 0 unspecified atom stereocenters. The van der Waals surface area contributed by atoms with Crippen molar-refractivity contribution >= 4 is 28.7 Å². The maximum Gasteiger partial charge on any atom is 0.337 e. The molecule has 7 nitrogen and oxygen atoms in total. The molecule has 1 aromatic heterocycles. The first-order valence-corrected chi connectivity index (χ1v) is 8.55. The van der Waals surface area contributed by atoms with Crippen LogP contribution in [-0.2, 0) is 4.74 Å². The van der Waals surface area contributed by atoms with Crippen LogP contribution in [-0.4, -0.2) is 37.4 Å².